The molecule has 1 saturated carbocycles. The molecular weight excluding hydrogens is 500 g/mol. The number of anilines is 1. The molecule has 1 fully saturated rings. The topological polar surface area (TPSA) is 166 Å². The van der Waals surface area contributed by atoms with E-state index in [1.165, 1.54) is 17.4 Å². The van der Waals surface area contributed by atoms with Crippen molar-refractivity contribution in [2.45, 2.75) is 62.7 Å². The molecule has 0 radical (unpaired) electrons. The first-order valence-corrected chi connectivity index (χ1v) is 13.5. The van der Waals surface area contributed by atoms with E-state index in [9.17, 15) is 14.4 Å². The number of benzene rings is 1. The second kappa shape index (κ2) is 9.61. The molecule has 2 aliphatic rings. The predicted molar refractivity (Wildman–Crippen MR) is 149 cm³/mol. The van der Waals surface area contributed by atoms with Gasteiger partial charge in [-0.25, -0.2) is 0 Å². The zero-order chi connectivity index (χ0) is 27.4. The van der Waals surface area contributed by atoms with Crippen molar-refractivity contribution in [2.75, 3.05) is 5.73 Å². The molecule has 5 rings (SSSR count). The molecule has 0 saturated heterocycles. The van der Waals surface area contributed by atoms with Gasteiger partial charge in [0.05, 0.1) is 15.6 Å². The van der Waals surface area contributed by atoms with E-state index >= 15 is 0 Å². The van der Waals surface area contributed by atoms with Gasteiger partial charge in [-0.2, -0.15) is 0 Å². The van der Waals surface area contributed by atoms with Crippen molar-refractivity contribution in [1.82, 2.24) is 15.6 Å². The number of thiophene rings is 1. The molecule has 1 aromatic carbocycles. The van der Waals surface area contributed by atoms with E-state index in [1.807, 2.05) is 19.9 Å². The SMILES string of the molecule is C=CC(=O)N[C@H]1CCC[C@H]1NC(=O)c1sc2c(N)ccc3c2c1C(N)C(=O)C3(N)c1ccnc(C(C)C)c1. The van der Waals surface area contributed by atoms with E-state index in [0.717, 1.165) is 25.0 Å². The zero-order valence-corrected chi connectivity index (χ0v) is 22.2. The van der Waals surface area contributed by atoms with Gasteiger partial charge in [-0.05, 0) is 60.6 Å². The van der Waals surface area contributed by atoms with E-state index in [0.29, 0.717) is 37.3 Å². The summed E-state index contributed by atoms with van der Waals surface area (Å²) in [4.78, 5) is 44.2. The third-order valence-electron chi connectivity index (χ3n) is 7.69. The second-order valence-electron chi connectivity index (χ2n) is 10.4. The van der Waals surface area contributed by atoms with Crippen LogP contribution in [0.4, 0.5) is 5.69 Å². The lowest BCUT2D eigenvalue weighted by molar-refractivity contribution is -0.124. The second-order valence-corrected chi connectivity index (χ2v) is 11.4. The molecule has 3 aromatic rings. The number of aromatic nitrogens is 1. The van der Waals surface area contributed by atoms with E-state index in [-0.39, 0.29) is 29.8 Å². The summed E-state index contributed by atoms with van der Waals surface area (Å²) in [5, 5.41) is 6.60. The number of hydrogen-bond donors (Lipinski definition) is 5. The highest BCUT2D eigenvalue weighted by atomic mass is 32.1. The average molecular weight is 533 g/mol. The van der Waals surface area contributed by atoms with Crippen LogP contribution in [0.5, 0.6) is 0 Å². The Labute approximate surface area is 224 Å². The first-order chi connectivity index (χ1) is 18.1. The molecule has 2 heterocycles. The standard InChI is InChI=1S/C28H32N6O3S/c1-4-20(35)33-17-6-5-7-18(17)34-27(37)25-22-21-15(8-9-16(29)24(21)38-25)28(31,26(36)23(22)30)14-10-11-32-19(12-14)13(2)3/h4,8-13,17-18,23H,1,5-7,29-31H2,2-3H3,(H,33,35)(H,34,37)/t17-,18+,23?,28?/m0/s1. The van der Waals surface area contributed by atoms with E-state index < -0.39 is 17.4 Å². The van der Waals surface area contributed by atoms with Crippen LogP contribution < -0.4 is 27.8 Å². The maximum Gasteiger partial charge on any atom is 0.262 e. The molecule has 0 spiro atoms. The number of carbonyl (C=O) groups is 3. The first-order valence-electron chi connectivity index (χ1n) is 12.7. The van der Waals surface area contributed by atoms with E-state index in [2.05, 4.69) is 22.2 Å². The number of amides is 2. The van der Waals surface area contributed by atoms with E-state index in [4.69, 9.17) is 17.2 Å². The Bertz CT molecular complexity index is 1480. The minimum atomic E-state index is -1.52. The molecule has 38 heavy (non-hydrogen) atoms. The normalized spacial score (nSPS) is 24.6. The molecule has 2 unspecified atom stereocenters. The summed E-state index contributed by atoms with van der Waals surface area (Å²) in [6.45, 7) is 7.54. The highest BCUT2D eigenvalue weighted by Gasteiger charge is 2.49. The van der Waals surface area contributed by atoms with Gasteiger partial charge in [-0.1, -0.05) is 26.5 Å². The number of nitrogens with zero attached hydrogens (tertiary/aromatic N) is 1. The molecule has 9 nitrogen and oxygen atoms in total. The Kier molecular flexibility index (Phi) is 6.58. The van der Waals surface area contributed by atoms with Crippen LogP contribution in [0, 0.1) is 0 Å². The molecule has 2 amide bonds. The fourth-order valence-corrected chi connectivity index (χ4v) is 6.84. The summed E-state index contributed by atoms with van der Waals surface area (Å²) in [6.07, 6.45) is 5.20. The Morgan fingerprint density at radius 1 is 1.21 bits per heavy atom. The fourth-order valence-electron chi connectivity index (χ4n) is 5.64. The van der Waals surface area contributed by atoms with Crippen LogP contribution in [0.15, 0.2) is 43.1 Å². The van der Waals surface area contributed by atoms with Crippen molar-refractivity contribution in [3.05, 3.63) is 70.4 Å². The number of hydrogen-bond acceptors (Lipinski definition) is 8. The van der Waals surface area contributed by atoms with Gasteiger partial charge in [0.1, 0.15) is 5.54 Å². The summed E-state index contributed by atoms with van der Waals surface area (Å²) < 4.78 is 0.668. The zero-order valence-electron chi connectivity index (χ0n) is 21.4. The lowest BCUT2D eigenvalue weighted by Gasteiger charge is -2.36. The number of nitrogen functional groups attached to an aromatic ring is 1. The monoisotopic (exact) mass is 532 g/mol. The number of rotatable bonds is 6. The molecule has 0 aliphatic heterocycles. The number of nitrogens with one attached hydrogen (secondary N) is 2. The summed E-state index contributed by atoms with van der Waals surface area (Å²) in [5.74, 6) is -0.898. The quantitative estimate of drug-likeness (QED) is 0.240. The van der Waals surface area contributed by atoms with Crippen molar-refractivity contribution in [3.63, 3.8) is 0 Å². The van der Waals surface area contributed by atoms with Crippen LogP contribution in [-0.2, 0) is 15.1 Å². The smallest absolute Gasteiger partial charge is 0.262 e. The van der Waals surface area contributed by atoms with Crippen LogP contribution >= 0.6 is 11.3 Å². The third-order valence-corrected chi connectivity index (χ3v) is 8.95. The van der Waals surface area contributed by atoms with Crippen LogP contribution in [-0.4, -0.2) is 34.7 Å². The Balaban J connectivity index is 1.61. The van der Waals surface area contributed by atoms with Gasteiger partial charge >= 0.3 is 0 Å². The Morgan fingerprint density at radius 3 is 2.61 bits per heavy atom. The summed E-state index contributed by atoms with van der Waals surface area (Å²) in [5.41, 5.74) is 21.3. The molecular formula is C28H32N6O3S. The maximum absolute atomic E-state index is 14.0. The molecule has 10 heteroatoms. The van der Waals surface area contributed by atoms with Gasteiger partial charge in [0, 0.05) is 40.6 Å². The van der Waals surface area contributed by atoms with E-state index in [1.54, 1.807) is 24.4 Å². The predicted octanol–water partition coefficient (Wildman–Crippen LogP) is 2.74. The number of nitrogens with two attached hydrogens (primary N) is 3. The van der Waals surface area contributed by atoms with Gasteiger partial charge in [0.25, 0.3) is 5.91 Å². The van der Waals surface area contributed by atoms with Crippen molar-refractivity contribution in [2.24, 2.45) is 11.5 Å². The summed E-state index contributed by atoms with van der Waals surface area (Å²) in [7, 11) is 0. The van der Waals surface area contributed by atoms with Gasteiger partial charge in [-0.15, -0.1) is 11.3 Å². The summed E-state index contributed by atoms with van der Waals surface area (Å²) >= 11 is 1.21. The van der Waals surface area contributed by atoms with Crippen LogP contribution in [0.2, 0.25) is 0 Å². The lowest BCUT2D eigenvalue weighted by Crippen LogP contribution is -2.53. The molecule has 2 aromatic heterocycles. The van der Waals surface area contributed by atoms with Crippen LogP contribution in [0.25, 0.3) is 10.1 Å². The number of pyridine rings is 1. The first kappa shape index (κ1) is 26.0. The number of carbonyl (C=O) groups excluding carboxylic acids is 3. The summed E-state index contributed by atoms with van der Waals surface area (Å²) in [6, 6.07) is 5.47. The third kappa shape index (κ3) is 4.00. The Hall–Kier alpha value is -3.60. The molecule has 198 valence electrons. The molecule has 8 N–H and O–H groups in total. The minimum absolute atomic E-state index is 0.139. The van der Waals surface area contributed by atoms with Crippen LogP contribution in [0.3, 0.4) is 0 Å². The molecule has 0 bridgehead atoms. The van der Waals surface area contributed by atoms with Crippen molar-refractivity contribution in [1.29, 1.82) is 0 Å². The van der Waals surface area contributed by atoms with Crippen LogP contribution in [0.1, 0.15) is 77.1 Å². The van der Waals surface area contributed by atoms with Gasteiger partial charge < -0.3 is 27.8 Å². The molecule has 4 atom stereocenters. The minimum Gasteiger partial charge on any atom is -0.398 e. The fraction of sp³-hybridized carbons (Fsp3) is 0.357. The Morgan fingerprint density at radius 2 is 1.92 bits per heavy atom. The number of Topliss-reactive ketones (excluding diaryl/α,β-unsaturated/α-hetero) is 1. The number of ketones is 1. The average Bonchev–Trinajstić information content (AvgIpc) is 3.52. The van der Waals surface area contributed by atoms with Gasteiger partial charge in [0.2, 0.25) is 5.91 Å². The largest absolute Gasteiger partial charge is 0.398 e. The van der Waals surface area contributed by atoms with Crippen molar-refractivity contribution in [3.8, 4) is 0 Å². The highest BCUT2D eigenvalue weighted by molar-refractivity contribution is 7.21. The highest BCUT2D eigenvalue weighted by Crippen LogP contribution is 2.49. The molecule has 2 aliphatic carbocycles. The van der Waals surface area contributed by atoms with Crippen molar-refractivity contribution >= 4 is 44.7 Å². The van der Waals surface area contributed by atoms with Crippen molar-refractivity contribution < 1.29 is 14.4 Å². The van der Waals surface area contributed by atoms with Gasteiger partial charge in [0.15, 0.2) is 5.78 Å². The maximum atomic E-state index is 14.0. The van der Waals surface area contributed by atoms with Gasteiger partial charge in [-0.3, -0.25) is 19.4 Å². The lowest BCUT2D eigenvalue weighted by atomic mass is 9.70.